The lowest BCUT2D eigenvalue weighted by molar-refractivity contribution is -0.118. The lowest BCUT2D eigenvalue weighted by Crippen LogP contribution is -2.53. The maximum absolute atomic E-state index is 13.1. The minimum Gasteiger partial charge on any atom is -0.492 e. The number of aryl methyl sites for hydroxylation is 1. The van der Waals surface area contributed by atoms with Gasteiger partial charge in [-0.1, -0.05) is 36.4 Å². The minimum atomic E-state index is -0.180. The van der Waals surface area contributed by atoms with Gasteiger partial charge in [-0.25, -0.2) is 9.69 Å². The van der Waals surface area contributed by atoms with Crippen molar-refractivity contribution < 1.29 is 14.3 Å². The monoisotopic (exact) mass is 407 g/mol. The Labute approximate surface area is 178 Å². The molecule has 1 saturated heterocycles. The molecular formula is C24H29N3O3. The zero-order valence-electron chi connectivity index (χ0n) is 17.5. The number of amides is 3. The number of ether oxygens (including phenoxy) is 1. The van der Waals surface area contributed by atoms with E-state index in [1.54, 1.807) is 0 Å². The molecule has 1 fully saturated rings. The molecule has 2 heterocycles. The fraction of sp³-hybridized carbons (Fsp3) is 0.417. The molecule has 0 saturated carbocycles. The summed E-state index contributed by atoms with van der Waals surface area (Å²) in [4.78, 5) is 31.2. The van der Waals surface area contributed by atoms with Crippen LogP contribution in [0.3, 0.4) is 0 Å². The molecule has 4 rings (SSSR count). The summed E-state index contributed by atoms with van der Waals surface area (Å²) in [7, 11) is 2.11. The van der Waals surface area contributed by atoms with Crippen molar-refractivity contribution in [2.75, 3.05) is 38.2 Å². The van der Waals surface area contributed by atoms with Crippen LogP contribution in [0.2, 0.25) is 0 Å². The normalized spacial score (nSPS) is 17.2. The van der Waals surface area contributed by atoms with Gasteiger partial charge in [0.1, 0.15) is 12.4 Å². The van der Waals surface area contributed by atoms with Gasteiger partial charge in [-0.2, -0.15) is 0 Å². The number of rotatable bonds is 5. The third-order valence-corrected chi connectivity index (χ3v) is 6.10. The van der Waals surface area contributed by atoms with Crippen molar-refractivity contribution in [1.82, 2.24) is 9.80 Å². The molecule has 6 nitrogen and oxygen atoms in total. The van der Waals surface area contributed by atoms with E-state index in [0.717, 1.165) is 36.4 Å². The number of carbonyl (C=O) groups excluding carboxylic acids is 2. The van der Waals surface area contributed by atoms with E-state index < -0.39 is 0 Å². The number of likely N-dealkylation sites (N-methyl/N-ethyl adjacent to an activating group) is 1. The van der Waals surface area contributed by atoms with Crippen molar-refractivity contribution in [3.05, 3.63) is 60.2 Å². The predicted molar refractivity (Wildman–Crippen MR) is 117 cm³/mol. The summed E-state index contributed by atoms with van der Waals surface area (Å²) in [6, 6.07) is 17.8. The van der Waals surface area contributed by atoms with Crippen LogP contribution < -0.4 is 9.64 Å². The van der Waals surface area contributed by atoms with E-state index in [9.17, 15) is 9.59 Å². The summed E-state index contributed by atoms with van der Waals surface area (Å²) in [5.74, 6) is 0.786. The Morgan fingerprint density at radius 2 is 1.73 bits per heavy atom. The zero-order chi connectivity index (χ0) is 20.9. The molecule has 0 radical (unpaired) electrons. The van der Waals surface area contributed by atoms with Crippen LogP contribution in [0.4, 0.5) is 10.5 Å². The Morgan fingerprint density at radius 3 is 2.50 bits per heavy atom. The number of imide groups is 1. The Kier molecular flexibility index (Phi) is 6.33. The summed E-state index contributed by atoms with van der Waals surface area (Å²) in [5.41, 5.74) is 1.81. The van der Waals surface area contributed by atoms with Crippen molar-refractivity contribution in [3.8, 4) is 5.75 Å². The lowest BCUT2D eigenvalue weighted by Gasteiger charge is -2.39. The lowest BCUT2D eigenvalue weighted by atomic mass is 10.0. The molecule has 0 spiro atoms. The molecule has 158 valence electrons. The first-order valence-electron chi connectivity index (χ1n) is 10.7. The van der Waals surface area contributed by atoms with Crippen LogP contribution in [0.25, 0.3) is 0 Å². The number of carbonyl (C=O) groups is 2. The Hall–Kier alpha value is -2.86. The van der Waals surface area contributed by atoms with Crippen LogP contribution in [0.5, 0.6) is 5.75 Å². The molecule has 0 bridgehead atoms. The van der Waals surface area contributed by atoms with Crippen molar-refractivity contribution in [1.29, 1.82) is 0 Å². The van der Waals surface area contributed by atoms with Gasteiger partial charge in [0.15, 0.2) is 0 Å². The van der Waals surface area contributed by atoms with Crippen molar-refractivity contribution in [2.24, 2.45) is 0 Å². The van der Waals surface area contributed by atoms with Gasteiger partial charge in [0.2, 0.25) is 5.91 Å². The van der Waals surface area contributed by atoms with Crippen LogP contribution in [-0.4, -0.2) is 61.1 Å². The first-order valence-corrected chi connectivity index (χ1v) is 10.7. The molecule has 0 N–H and O–H groups in total. The van der Waals surface area contributed by atoms with Gasteiger partial charge in [-0.15, -0.1) is 0 Å². The SMILES string of the molecule is CN(CCOc1ccccc1)C1CCN(C(=O)N2C(=O)CCc3ccccc32)CC1. The number of piperidine rings is 1. The first-order chi connectivity index (χ1) is 14.6. The van der Waals surface area contributed by atoms with Crippen LogP contribution in [0, 0.1) is 0 Å². The van der Waals surface area contributed by atoms with E-state index in [1.807, 2.05) is 59.5 Å². The van der Waals surface area contributed by atoms with Gasteiger partial charge < -0.3 is 9.64 Å². The quantitative estimate of drug-likeness (QED) is 0.761. The second-order valence-electron chi connectivity index (χ2n) is 8.00. The number of urea groups is 1. The number of nitrogens with zero attached hydrogens (tertiary/aromatic N) is 3. The van der Waals surface area contributed by atoms with E-state index in [4.69, 9.17) is 4.74 Å². The molecule has 3 amide bonds. The van der Waals surface area contributed by atoms with Gasteiger partial charge in [0.05, 0.1) is 5.69 Å². The van der Waals surface area contributed by atoms with E-state index in [2.05, 4.69) is 11.9 Å². The summed E-state index contributed by atoms with van der Waals surface area (Å²) in [6.45, 7) is 2.81. The maximum atomic E-state index is 13.1. The molecule has 2 aliphatic rings. The van der Waals surface area contributed by atoms with E-state index in [0.29, 0.717) is 38.6 Å². The van der Waals surface area contributed by atoms with Gasteiger partial charge in [-0.3, -0.25) is 9.69 Å². The highest BCUT2D eigenvalue weighted by molar-refractivity contribution is 6.15. The average molecular weight is 408 g/mol. The Bertz CT molecular complexity index is 878. The molecule has 6 heteroatoms. The molecular weight excluding hydrogens is 378 g/mol. The number of anilines is 1. The number of likely N-dealkylation sites (tertiary alicyclic amines) is 1. The number of hydrogen-bond donors (Lipinski definition) is 0. The van der Waals surface area contributed by atoms with Gasteiger partial charge in [0.25, 0.3) is 0 Å². The number of para-hydroxylation sites is 2. The van der Waals surface area contributed by atoms with E-state index in [-0.39, 0.29) is 11.9 Å². The molecule has 30 heavy (non-hydrogen) atoms. The van der Waals surface area contributed by atoms with Crippen molar-refractivity contribution in [3.63, 3.8) is 0 Å². The minimum absolute atomic E-state index is 0.101. The maximum Gasteiger partial charge on any atom is 0.331 e. The summed E-state index contributed by atoms with van der Waals surface area (Å²) < 4.78 is 5.80. The summed E-state index contributed by atoms with van der Waals surface area (Å²) >= 11 is 0. The summed E-state index contributed by atoms with van der Waals surface area (Å²) in [6.07, 6.45) is 2.90. The van der Waals surface area contributed by atoms with Gasteiger partial charge >= 0.3 is 6.03 Å². The number of hydrogen-bond acceptors (Lipinski definition) is 4. The summed E-state index contributed by atoms with van der Waals surface area (Å²) in [5, 5.41) is 0. The molecule has 2 aromatic rings. The smallest absolute Gasteiger partial charge is 0.331 e. The van der Waals surface area contributed by atoms with Gasteiger partial charge in [-0.05, 0) is 50.1 Å². The largest absolute Gasteiger partial charge is 0.492 e. The highest BCUT2D eigenvalue weighted by Gasteiger charge is 2.34. The first kappa shape index (κ1) is 20.4. The molecule has 0 aliphatic carbocycles. The highest BCUT2D eigenvalue weighted by atomic mass is 16.5. The highest BCUT2D eigenvalue weighted by Crippen LogP contribution is 2.29. The third-order valence-electron chi connectivity index (χ3n) is 6.10. The second-order valence-corrected chi connectivity index (χ2v) is 8.00. The second kappa shape index (κ2) is 9.30. The number of fused-ring (bicyclic) bond motifs is 1. The molecule has 0 unspecified atom stereocenters. The van der Waals surface area contributed by atoms with Crippen LogP contribution >= 0.6 is 0 Å². The van der Waals surface area contributed by atoms with Crippen LogP contribution in [-0.2, 0) is 11.2 Å². The average Bonchev–Trinajstić information content (AvgIpc) is 2.79. The predicted octanol–water partition coefficient (Wildman–Crippen LogP) is 3.56. The molecule has 2 aromatic carbocycles. The Balaban J connectivity index is 1.29. The Morgan fingerprint density at radius 1 is 1.03 bits per heavy atom. The van der Waals surface area contributed by atoms with Gasteiger partial charge in [0, 0.05) is 32.1 Å². The van der Waals surface area contributed by atoms with E-state index >= 15 is 0 Å². The topological polar surface area (TPSA) is 53.1 Å². The standard InChI is InChI=1S/C24H29N3O3/c1-25(17-18-30-21-8-3-2-4-9-21)20-13-15-26(16-14-20)24(29)27-22-10-6-5-7-19(22)11-12-23(27)28/h2-10,20H,11-18H2,1H3. The van der Waals surface area contributed by atoms with Crippen LogP contribution in [0.1, 0.15) is 24.8 Å². The molecule has 0 atom stereocenters. The van der Waals surface area contributed by atoms with E-state index in [1.165, 1.54) is 4.90 Å². The fourth-order valence-corrected chi connectivity index (χ4v) is 4.28. The van der Waals surface area contributed by atoms with Crippen molar-refractivity contribution in [2.45, 2.75) is 31.7 Å². The van der Waals surface area contributed by atoms with Crippen molar-refractivity contribution >= 4 is 17.6 Å². The molecule has 2 aliphatic heterocycles. The third kappa shape index (κ3) is 4.49. The van der Waals surface area contributed by atoms with Crippen LogP contribution in [0.15, 0.2) is 54.6 Å². The zero-order valence-corrected chi connectivity index (χ0v) is 17.5. The molecule has 0 aromatic heterocycles. The number of benzene rings is 2. The fourth-order valence-electron chi connectivity index (χ4n) is 4.28.